The fourth-order valence-corrected chi connectivity index (χ4v) is 4.55. The van der Waals surface area contributed by atoms with Crippen LogP contribution < -0.4 is 10.9 Å². The lowest BCUT2D eigenvalue weighted by atomic mass is 9.86. The zero-order valence-electron chi connectivity index (χ0n) is 17.1. The minimum atomic E-state index is -0.181. The van der Waals surface area contributed by atoms with Gasteiger partial charge in [0, 0.05) is 17.9 Å². The van der Waals surface area contributed by atoms with Crippen LogP contribution in [-0.2, 0) is 0 Å². The molecule has 3 heterocycles. The summed E-state index contributed by atoms with van der Waals surface area (Å²) in [6.07, 6.45) is 4.01. The maximum atomic E-state index is 12.3. The first-order valence-electron chi connectivity index (χ1n) is 10.2. The molecule has 0 spiro atoms. The van der Waals surface area contributed by atoms with E-state index in [-0.39, 0.29) is 5.56 Å². The number of aromatic nitrogens is 2. The van der Waals surface area contributed by atoms with E-state index < -0.39 is 0 Å². The van der Waals surface area contributed by atoms with Crippen LogP contribution in [0.2, 0.25) is 5.15 Å². The molecule has 152 valence electrons. The van der Waals surface area contributed by atoms with Gasteiger partial charge >= 0.3 is 0 Å². The third-order valence-corrected chi connectivity index (χ3v) is 6.15. The number of pyridine rings is 2. The van der Waals surface area contributed by atoms with Crippen molar-refractivity contribution in [3.63, 3.8) is 0 Å². The second kappa shape index (κ2) is 8.17. The summed E-state index contributed by atoms with van der Waals surface area (Å²) in [7, 11) is 0. The Hall–Kier alpha value is -2.37. The van der Waals surface area contributed by atoms with Gasteiger partial charge in [0.25, 0.3) is 5.56 Å². The van der Waals surface area contributed by atoms with Crippen molar-refractivity contribution in [3.8, 4) is 0 Å². The average Bonchev–Trinajstić information content (AvgIpc) is 2.68. The molecule has 0 amide bonds. The molecule has 4 rings (SSSR count). The number of nitrogens with one attached hydrogen (secondary N) is 2. The molecule has 0 bridgehead atoms. The molecule has 6 heteroatoms. The lowest BCUT2D eigenvalue weighted by Gasteiger charge is -2.35. The average molecular weight is 411 g/mol. The number of hydrogen-bond donors (Lipinski definition) is 2. The maximum Gasteiger partial charge on any atom is 0.259 e. The van der Waals surface area contributed by atoms with Crippen LogP contribution >= 0.6 is 11.6 Å². The van der Waals surface area contributed by atoms with E-state index in [1.807, 2.05) is 6.07 Å². The third-order valence-electron chi connectivity index (χ3n) is 5.96. The van der Waals surface area contributed by atoms with E-state index in [1.165, 1.54) is 24.0 Å². The van der Waals surface area contributed by atoms with Crippen molar-refractivity contribution in [2.24, 2.45) is 0 Å². The monoisotopic (exact) mass is 410 g/mol. The number of H-pyrrole nitrogens is 1. The summed E-state index contributed by atoms with van der Waals surface area (Å²) in [5.41, 5.74) is 3.41. The molecule has 2 N–H and O–H groups in total. The van der Waals surface area contributed by atoms with Gasteiger partial charge in [-0.15, -0.1) is 0 Å². The summed E-state index contributed by atoms with van der Waals surface area (Å²) in [6.45, 7) is 9.01. The number of rotatable bonds is 4. The predicted molar refractivity (Wildman–Crippen MR) is 121 cm³/mol. The number of piperidine rings is 1. The molecule has 29 heavy (non-hydrogen) atoms. The Morgan fingerprint density at radius 2 is 1.97 bits per heavy atom. The first-order valence-corrected chi connectivity index (χ1v) is 10.6. The Morgan fingerprint density at radius 1 is 1.21 bits per heavy atom. The van der Waals surface area contributed by atoms with Crippen LogP contribution in [0.3, 0.4) is 0 Å². The minimum absolute atomic E-state index is 0.181. The normalized spacial score (nSPS) is 15.9. The fourth-order valence-electron chi connectivity index (χ4n) is 4.35. The van der Waals surface area contributed by atoms with Crippen molar-refractivity contribution in [2.75, 3.05) is 18.4 Å². The van der Waals surface area contributed by atoms with Crippen molar-refractivity contribution in [2.45, 2.75) is 45.6 Å². The first kappa shape index (κ1) is 19.9. The van der Waals surface area contributed by atoms with E-state index in [0.717, 1.165) is 24.2 Å². The molecule has 0 saturated carbocycles. The van der Waals surface area contributed by atoms with Gasteiger partial charge in [-0.3, -0.25) is 4.79 Å². The standard InChI is InChI=1S/C23H27ClN4O/c1-14(2)28-10-7-16(8-11-28)19-5-4-18(12-15(19)3)26-22-21-17(13-20(24)27-22)6-9-25-23(21)29/h4-6,9,12-14,16H,7-8,10-11H2,1-3H3,(H,25,29)(H,26,27). The van der Waals surface area contributed by atoms with Crippen molar-refractivity contribution in [1.29, 1.82) is 0 Å². The van der Waals surface area contributed by atoms with Crippen molar-refractivity contribution < 1.29 is 0 Å². The molecule has 1 saturated heterocycles. The third kappa shape index (κ3) is 4.16. The Kier molecular flexibility index (Phi) is 5.61. The van der Waals surface area contributed by atoms with Crippen LogP contribution in [0.15, 0.2) is 41.3 Å². The maximum absolute atomic E-state index is 12.3. The molecule has 0 radical (unpaired) electrons. The molecule has 1 aromatic carbocycles. The molecule has 0 unspecified atom stereocenters. The first-order chi connectivity index (χ1) is 13.9. The predicted octanol–water partition coefficient (Wildman–Crippen LogP) is 5.22. The molecule has 3 aromatic rings. The fraction of sp³-hybridized carbons (Fsp3) is 0.391. The van der Waals surface area contributed by atoms with Gasteiger partial charge in [-0.2, -0.15) is 0 Å². The Morgan fingerprint density at radius 3 is 2.66 bits per heavy atom. The lowest BCUT2D eigenvalue weighted by molar-refractivity contribution is 0.171. The van der Waals surface area contributed by atoms with E-state index in [1.54, 1.807) is 12.3 Å². The van der Waals surface area contributed by atoms with Crippen LogP contribution in [0.5, 0.6) is 0 Å². The molecule has 0 atom stereocenters. The SMILES string of the molecule is Cc1cc(Nc2nc(Cl)cc3cc[nH]c(=O)c23)ccc1C1CCN(C(C)C)CC1. The van der Waals surface area contributed by atoms with Crippen LogP contribution in [0.4, 0.5) is 11.5 Å². The molecule has 1 fully saturated rings. The molecule has 1 aliphatic heterocycles. The number of benzene rings is 1. The van der Waals surface area contributed by atoms with Gasteiger partial charge in [0.1, 0.15) is 11.0 Å². The smallest absolute Gasteiger partial charge is 0.259 e. The highest BCUT2D eigenvalue weighted by Crippen LogP contribution is 2.33. The van der Waals surface area contributed by atoms with Gasteiger partial charge in [0.05, 0.1) is 5.39 Å². The summed E-state index contributed by atoms with van der Waals surface area (Å²) in [5, 5.41) is 4.93. The highest BCUT2D eigenvalue weighted by atomic mass is 35.5. The number of fused-ring (bicyclic) bond motifs is 1. The summed E-state index contributed by atoms with van der Waals surface area (Å²) in [5.74, 6) is 1.08. The topological polar surface area (TPSA) is 61.0 Å². The number of aryl methyl sites for hydroxylation is 1. The largest absolute Gasteiger partial charge is 0.339 e. The van der Waals surface area contributed by atoms with E-state index in [4.69, 9.17) is 11.6 Å². The van der Waals surface area contributed by atoms with Gasteiger partial charge in [-0.25, -0.2) is 4.98 Å². The number of likely N-dealkylation sites (tertiary alicyclic amines) is 1. The highest BCUT2D eigenvalue weighted by molar-refractivity contribution is 6.30. The Balaban J connectivity index is 1.58. The molecule has 5 nitrogen and oxygen atoms in total. The van der Waals surface area contributed by atoms with Gasteiger partial charge < -0.3 is 15.2 Å². The molecule has 1 aliphatic rings. The summed E-state index contributed by atoms with van der Waals surface area (Å²) < 4.78 is 0. The van der Waals surface area contributed by atoms with Crippen LogP contribution in [0, 0.1) is 6.92 Å². The van der Waals surface area contributed by atoms with Crippen molar-refractivity contribution in [3.05, 3.63) is 63.2 Å². The number of anilines is 2. The quantitative estimate of drug-likeness (QED) is 0.579. The molecular formula is C23H27ClN4O. The second-order valence-electron chi connectivity index (χ2n) is 8.16. The molecular weight excluding hydrogens is 384 g/mol. The van der Waals surface area contributed by atoms with Crippen LogP contribution in [0.1, 0.15) is 43.7 Å². The zero-order valence-corrected chi connectivity index (χ0v) is 17.9. The van der Waals surface area contributed by atoms with E-state index >= 15 is 0 Å². The number of aromatic amines is 1. The van der Waals surface area contributed by atoms with Gasteiger partial charge in [-0.1, -0.05) is 17.7 Å². The summed E-state index contributed by atoms with van der Waals surface area (Å²) >= 11 is 6.17. The van der Waals surface area contributed by atoms with E-state index in [9.17, 15) is 4.79 Å². The number of nitrogens with zero attached hydrogens (tertiary/aromatic N) is 2. The van der Waals surface area contributed by atoms with E-state index in [0.29, 0.717) is 28.3 Å². The molecule has 2 aromatic heterocycles. The summed E-state index contributed by atoms with van der Waals surface area (Å²) in [6, 6.07) is 10.6. The number of halogens is 1. The number of hydrogen-bond acceptors (Lipinski definition) is 4. The Bertz CT molecular complexity index is 1080. The summed E-state index contributed by atoms with van der Waals surface area (Å²) in [4.78, 5) is 21.9. The Labute approximate surface area is 176 Å². The van der Waals surface area contributed by atoms with E-state index in [2.05, 4.69) is 59.2 Å². The zero-order chi connectivity index (χ0) is 20.5. The van der Waals surface area contributed by atoms with Crippen molar-refractivity contribution >= 4 is 33.9 Å². The van der Waals surface area contributed by atoms with Gasteiger partial charge in [-0.05, 0) is 93.4 Å². The lowest BCUT2D eigenvalue weighted by Crippen LogP contribution is -2.37. The highest BCUT2D eigenvalue weighted by Gasteiger charge is 2.23. The van der Waals surface area contributed by atoms with Crippen molar-refractivity contribution in [1.82, 2.24) is 14.9 Å². The van der Waals surface area contributed by atoms with Crippen LogP contribution in [0.25, 0.3) is 10.8 Å². The minimum Gasteiger partial charge on any atom is -0.339 e. The van der Waals surface area contributed by atoms with Crippen LogP contribution in [-0.4, -0.2) is 34.0 Å². The van der Waals surface area contributed by atoms with Gasteiger partial charge in [0.2, 0.25) is 0 Å². The van der Waals surface area contributed by atoms with Gasteiger partial charge in [0.15, 0.2) is 0 Å². The second-order valence-corrected chi connectivity index (χ2v) is 8.55. The molecule has 0 aliphatic carbocycles.